The van der Waals surface area contributed by atoms with Crippen LogP contribution in [0.2, 0.25) is 0 Å². The molecule has 1 aliphatic heterocycles. The fourth-order valence-electron chi connectivity index (χ4n) is 2.77. The molecule has 0 saturated carbocycles. The highest BCUT2D eigenvalue weighted by molar-refractivity contribution is 4.92. The highest BCUT2D eigenvalue weighted by Gasteiger charge is 2.32. The summed E-state index contributed by atoms with van der Waals surface area (Å²) < 4.78 is 5.45. The maximum atomic E-state index is 5.45. The number of piperazine rings is 1. The van der Waals surface area contributed by atoms with Crippen molar-refractivity contribution in [3.8, 4) is 0 Å². The van der Waals surface area contributed by atoms with Crippen LogP contribution in [-0.4, -0.2) is 49.3 Å². The molecule has 18 heavy (non-hydrogen) atoms. The molecule has 0 aromatic heterocycles. The third kappa shape index (κ3) is 5.68. The minimum Gasteiger partial charge on any atom is -0.382 e. The normalized spacial score (nSPS) is 24.7. The minimum absolute atomic E-state index is 0.249. The summed E-state index contributed by atoms with van der Waals surface area (Å²) in [5.74, 6) is 0.771. The molecule has 1 unspecified atom stereocenters. The molecule has 1 aliphatic rings. The van der Waals surface area contributed by atoms with E-state index < -0.39 is 0 Å². The molecule has 1 saturated heterocycles. The van der Waals surface area contributed by atoms with Crippen LogP contribution in [0.1, 0.15) is 47.5 Å². The number of nitrogens with zero attached hydrogens (tertiary/aromatic N) is 1. The van der Waals surface area contributed by atoms with Crippen LogP contribution in [0.4, 0.5) is 0 Å². The molecule has 0 aromatic carbocycles. The molecule has 3 nitrogen and oxygen atoms in total. The summed E-state index contributed by atoms with van der Waals surface area (Å²) in [6.07, 6.45) is 2.44. The average molecular weight is 256 g/mol. The second kappa shape index (κ2) is 7.46. The zero-order valence-electron chi connectivity index (χ0n) is 13.0. The molecule has 1 N–H and O–H groups in total. The lowest BCUT2D eigenvalue weighted by Gasteiger charge is -2.45. The van der Waals surface area contributed by atoms with Gasteiger partial charge in [-0.05, 0) is 39.5 Å². The van der Waals surface area contributed by atoms with Gasteiger partial charge in [-0.15, -0.1) is 0 Å². The summed E-state index contributed by atoms with van der Waals surface area (Å²) in [7, 11) is 0. The molecular weight excluding hydrogens is 224 g/mol. The standard InChI is InChI=1S/C15H32N2O/c1-6-18-9-7-8-17-12-15(4,5)16-11-14(17)10-13(2)3/h13-14,16H,6-12H2,1-5H3. The van der Waals surface area contributed by atoms with Crippen LogP contribution in [0.15, 0.2) is 0 Å². The second-order valence-electron chi connectivity index (χ2n) is 6.57. The highest BCUT2D eigenvalue weighted by Crippen LogP contribution is 2.20. The molecule has 0 amide bonds. The van der Waals surface area contributed by atoms with Crippen molar-refractivity contribution in [3.05, 3.63) is 0 Å². The molecule has 3 heteroatoms. The van der Waals surface area contributed by atoms with E-state index >= 15 is 0 Å². The van der Waals surface area contributed by atoms with Crippen LogP contribution in [-0.2, 0) is 4.74 Å². The van der Waals surface area contributed by atoms with Gasteiger partial charge in [0.05, 0.1) is 0 Å². The van der Waals surface area contributed by atoms with Crippen LogP contribution in [0.25, 0.3) is 0 Å². The number of rotatable bonds is 7. The summed E-state index contributed by atoms with van der Waals surface area (Å²) in [5.41, 5.74) is 0.249. The Morgan fingerprint density at radius 1 is 1.39 bits per heavy atom. The summed E-state index contributed by atoms with van der Waals surface area (Å²) in [4.78, 5) is 2.66. The van der Waals surface area contributed by atoms with Gasteiger partial charge in [0.25, 0.3) is 0 Å². The summed E-state index contributed by atoms with van der Waals surface area (Å²) >= 11 is 0. The van der Waals surface area contributed by atoms with Gasteiger partial charge < -0.3 is 10.1 Å². The van der Waals surface area contributed by atoms with Gasteiger partial charge >= 0.3 is 0 Å². The molecule has 0 radical (unpaired) electrons. The third-order valence-electron chi connectivity index (χ3n) is 3.61. The molecule has 0 aromatic rings. The van der Waals surface area contributed by atoms with Crippen molar-refractivity contribution in [2.45, 2.75) is 59.0 Å². The van der Waals surface area contributed by atoms with Crippen molar-refractivity contribution < 1.29 is 4.74 Å². The van der Waals surface area contributed by atoms with Gasteiger partial charge in [-0.25, -0.2) is 0 Å². The maximum absolute atomic E-state index is 5.45. The van der Waals surface area contributed by atoms with Crippen molar-refractivity contribution in [2.75, 3.05) is 32.8 Å². The van der Waals surface area contributed by atoms with Gasteiger partial charge in [0.1, 0.15) is 0 Å². The Kier molecular flexibility index (Phi) is 6.61. The fraction of sp³-hybridized carbons (Fsp3) is 1.00. The number of nitrogens with one attached hydrogen (secondary N) is 1. The third-order valence-corrected chi connectivity index (χ3v) is 3.61. The largest absolute Gasteiger partial charge is 0.382 e. The zero-order chi connectivity index (χ0) is 13.6. The quantitative estimate of drug-likeness (QED) is 0.708. The van der Waals surface area contributed by atoms with Crippen LogP contribution >= 0.6 is 0 Å². The summed E-state index contributed by atoms with van der Waals surface area (Å²) in [5, 5.41) is 3.67. The number of hydrogen-bond donors (Lipinski definition) is 1. The van der Waals surface area contributed by atoms with Crippen molar-refractivity contribution in [2.24, 2.45) is 5.92 Å². The van der Waals surface area contributed by atoms with E-state index in [0.29, 0.717) is 6.04 Å². The second-order valence-corrected chi connectivity index (χ2v) is 6.57. The predicted octanol–water partition coefficient (Wildman–Crippen LogP) is 2.51. The molecular formula is C15H32N2O. The molecule has 0 bridgehead atoms. The lowest BCUT2D eigenvalue weighted by Crippen LogP contribution is -2.61. The van der Waals surface area contributed by atoms with E-state index in [9.17, 15) is 0 Å². The monoisotopic (exact) mass is 256 g/mol. The first-order chi connectivity index (χ1) is 8.44. The minimum atomic E-state index is 0.249. The highest BCUT2D eigenvalue weighted by atomic mass is 16.5. The summed E-state index contributed by atoms with van der Waals surface area (Å²) in [6.45, 7) is 16.5. The molecule has 1 heterocycles. The maximum Gasteiger partial charge on any atom is 0.0478 e. The topological polar surface area (TPSA) is 24.5 Å². The molecule has 0 spiro atoms. The Morgan fingerprint density at radius 2 is 2.11 bits per heavy atom. The SMILES string of the molecule is CCOCCCN1CC(C)(C)NCC1CC(C)C. The molecule has 1 rings (SSSR count). The van der Waals surface area contributed by atoms with Gasteiger partial charge in [-0.2, -0.15) is 0 Å². The van der Waals surface area contributed by atoms with Crippen molar-refractivity contribution in [1.82, 2.24) is 10.2 Å². The van der Waals surface area contributed by atoms with E-state index in [-0.39, 0.29) is 5.54 Å². The Labute approximate surface area is 113 Å². The number of ether oxygens (including phenoxy) is 1. The Balaban J connectivity index is 2.43. The van der Waals surface area contributed by atoms with Gasteiger partial charge in [0.15, 0.2) is 0 Å². The first-order valence-corrected chi connectivity index (χ1v) is 7.51. The average Bonchev–Trinajstić information content (AvgIpc) is 2.27. The Hall–Kier alpha value is -0.120. The lowest BCUT2D eigenvalue weighted by atomic mass is 9.94. The summed E-state index contributed by atoms with van der Waals surface area (Å²) in [6, 6.07) is 0.694. The van der Waals surface area contributed by atoms with E-state index in [4.69, 9.17) is 4.74 Å². The van der Waals surface area contributed by atoms with Gasteiger partial charge in [-0.1, -0.05) is 13.8 Å². The Bertz CT molecular complexity index is 229. The molecule has 1 atom stereocenters. The first kappa shape index (κ1) is 15.9. The van der Waals surface area contributed by atoms with Gasteiger partial charge in [0.2, 0.25) is 0 Å². The first-order valence-electron chi connectivity index (χ1n) is 7.51. The van der Waals surface area contributed by atoms with Crippen LogP contribution in [0, 0.1) is 5.92 Å². The van der Waals surface area contributed by atoms with Crippen LogP contribution in [0.3, 0.4) is 0 Å². The van der Waals surface area contributed by atoms with E-state index in [1.165, 1.54) is 13.0 Å². The predicted molar refractivity (Wildman–Crippen MR) is 78.0 cm³/mol. The van der Waals surface area contributed by atoms with Gasteiger partial charge in [0, 0.05) is 44.4 Å². The fourth-order valence-corrected chi connectivity index (χ4v) is 2.77. The number of hydrogen-bond acceptors (Lipinski definition) is 3. The van der Waals surface area contributed by atoms with Crippen LogP contribution in [0.5, 0.6) is 0 Å². The molecule has 0 aliphatic carbocycles. The molecule has 1 fully saturated rings. The Morgan fingerprint density at radius 3 is 2.72 bits per heavy atom. The zero-order valence-corrected chi connectivity index (χ0v) is 13.0. The lowest BCUT2D eigenvalue weighted by molar-refractivity contribution is 0.0670. The van der Waals surface area contributed by atoms with Crippen LogP contribution < -0.4 is 5.32 Å². The van der Waals surface area contributed by atoms with Crippen molar-refractivity contribution >= 4 is 0 Å². The smallest absolute Gasteiger partial charge is 0.0478 e. The van der Waals surface area contributed by atoms with E-state index in [1.54, 1.807) is 0 Å². The van der Waals surface area contributed by atoms with Gasteiger partial charge in [-0.3, -0.25) is 4.90 Å². The van der Waals surface area contributed by atoms with E-state index in [0.717, 1.165) is 38.6 Å². The van der Waals surface area contributed by atoms with E-state index in [2.05, 4.69) is 44.8 Å². The van der Waals surface area contributed by atoms with Crippen molar-refractivity contribution in [1.29, 1.82) is 0 Å². The molecule has 108 valence electrons. The van der Waals surface area contributed by atoms with E-state index in [1.807, 2.05) is 0 Å². The van der Waals surface area contributed by atoms with Crippen molar-refractivity contribution in [3.63, 3.8) is 0 Å².